The molecule has 0 saturated carbocycles. The second-order valence-electron chi connectivity index (χ2n) is 2.33. The molecular formula is C7H10Br2O4. The Morgan fingerprint density at radius 2 is 2.00 bits per heavy atom. The summed E-state index contributed by atoms with van der Waals surface area (Å²) >= 11 is 6.44. The van der Waals surface area contributed by atoms with Crippen molar-refractivity contribution in [1.82, 2.24) is 0 Å². The van der Waals surface area contributed by atoms with Crippen LogP contribution in [0.3, 0.4) is 0 Å². The van der Waals surface area contributed by atoms with Crippen molar-refractivity contribution >= 4 is 43.8 Å². The van der Waals surface area contributed by atoms with E-state index in [1.165, 1.54) is 0 Å². The zero-order valence-corrected chi connectivity index (χ0v) is 10.0. The summed E-state index contributed by atoms with van der Waals surface area (Å²) in [5.41, 5.74) is 0. The van der Waals surface area contributed by atoms with Gasteiger partial charge in [-0.25, -0.2) is 0 Å². The molecule has 6 heteroatoms. The van der Waals surface area contributed by atoms with Crippen molar-refractivity contribution in [3.05, 3.63) is 0 Å². The summed E-state index contributed by atoms with van der Waals surface area (Å²) in [6, 6.07) is 0. The Balaban J connectivity index is 3.46. The van der Waals surface area contributed by atoms with E-state index in [0.29, 0.717) is 5.33 Å². The summed E-state index contributed by atoms with van der Waals surface area (Å²) in [7, 11) is 0. The maximum atomic E-state index is 10.8. The van der Waals surface area contributed by atoms with E-state index >= 15 is 0 Å². The Morgan fingerprint density at radius 3 is 2.46 bits per heavy atom. The average molecular weight is 318 g/mol. The van der Waals surface area contributed by atoms with Crippen molar-refractivity contribution in [1.29, 1.82) is 0 Å². The number of carboxylic acid groups (broad SMARTS) is 1. The van der Waals surface area contributed by atoms with E-state index in [9.17, 15) is 9.59 Å². The summed E-state index contributed by atoms with van der Waals surface area (Å²) in [6.07, 6.45) is -0.253. The van der Waals surface area contributed by atoms with E-state index in [1.807, 2.05) is 0 Å². The number of carbonyl (C=O) groups is 2. The van der Waals surface area contributed by atoms with Crippen LogP contribution in [0, 0.1) is 0 Å². The zero-order valence-electron chi connectivity index (χ0n) is 6.83. The van der Waals surface area contributed by atoms with Gasteiger partial charge in [-0.05, 0) is 0 Å². The van der Waals surface area contributed by atoms with E-state index in [2.05, 4.69) is 31.9 Å². The van der Waals surface area contributed by atoms with Gasteiger partial charge in [0.2, 0.25) is 0 Å². The molecule has 0 aliphatic carbocycles. The van der Waals surface area contributed by atoms with E-state index in [1.54, 1.807) is 0 Å². The fourth-order valence-corrected chi connectivity index (χ4v) is 0.828. The number of aliphatic carboxylic acids is 1. The van der Waals surface area contributed by atoms with Crippen LogP contribution in [0.25, 0.3) is 0 Å². The molecule has 0 saturated heterocycles. The second kappa shape index (κ2) is 7.32. The maximum absolute atomic E-state index is 10.8. The van der Waals surface area contributed by atoms with Gasteiger partial charge in [0.25, 0.3) is 0 Å². The highest BCUT2D eigenvalue weighted by molar-refractivity contribution is 9.12. The van der Waals surface area contributed by atoms with Gasteiger partial charge in [0, 0.05) is 5.33 Å². The summed E-state index contributed by atoms with van der Waals surface area (Å²) in [4.78, 5) is 21.0. The topological polar surface area (TPSA) is 63.6 Å². The fraction of sp³-hybridized carbons (Fsp3) is 0.714. The molecule has 1 atom stereocenters. The molecular weight excluding hydrogens is 308 g/mol. The third-order valence-electron chi connectivity index (χ3n) is 1.14. The molecule has 1 N–H and O–H groups in total. The van der Waals surface area contributed by atoms with Gasteiger partial charge in [-0.1, -0.05) is 31.9 Å². The Kier molecular flexibility index (Phi) is 7.26. The first-order valence-electron chi connectivity index (χ1n) is 3.63. The molecule has 0 fully saturated rings. The van der Waals surface area contributed by atoms with E-state index in [0.717, 1.165) is 0 Å². The van der Waals surface area contributed by atoms with Gasteiger partial charge in [-0.15, -0.1) is 0 Å². The normalized spacial score (nSPS) is 12.2. The van der Waals surface area contributed by atoms with Crippen LogP contribution in [-0.2, 0) is 14.3 Å². The smallest absolute Gasteiger partial charge is 0.306 e. The van der Waals surface area contributed by atoms with Crippen LogP contribution in [0.5, 0.6) is 0 Å². The molecule has 0 rings (SSSR count). The van der Waals surface area contributed by atoms with Crippen molar-refractivity contribution in [3.8, 4) is 0 Å². The molecule has 0 aromatic carbocycles. The molecule has 0 aliphatic rings. The molecule has 4 nitrogen and oxygen atoms in total. The summed E-state index contributed by atoms with van der Waals surface area (Å²) < 4.78 is 4.77. The third-order valence-corrected chi connectivity index (χ3v) is 3.37. The first kappa shape index (κ1) is 12.9. The Labute approximate surface area is 92.9 Å². The second-order valence-corrected chi connectivity index (χ2v) is 4.27. The molecule has 13 heavy (non-hydrogen) atoms. The molecule has 0 aromatic rings. The Hall–Kier alpha value is -0.100. The standard InChI is InChI=1S/C7H10Br2O4/c8-3-5(9)4-13-7(12)2-1-6(10)11/h5H,1-4H2,(H,10,11). The van der Waals surface area contributed by atoms with Crippen LogP contribution < -0.4 is 0 Å². The zero-order chi connectivity index (χ0) is 10.3. The van der Waals surface area contributed by atoms with E-state index in [4.69, 9.17) is 9.84 Å². The molecule has 0 spiro atoms. The lowest BCUT2D eigenvalue weighted by atomic mass is 10.3. The van der Waals surface area contributed by atoms with Crippen LogP contribution >= 0.6 is 31.9 Å². The van der Waals surface area contributed by atoms with Crippen LogP contribution in [-0.4, -0.2) is 33.8 Å². The molecule has 0 aliphatic heterocycles. The summed E-state index contributed by atoms with van der Waals surface area (Å²) in [5, 5.41) is 8.94. The van der Waals surface area contributed by atoms with Gasteiger partial charge in [-0.2, -0.15) is 0 Å². The summed E-state index contributed by atoms with van der Waals surface area (Å²) in [5.74, 6) is -1.47. The number of carbonyl (C=O) groups excluding carboxylic acids is 1. The molecule has 0 amide bonds. The van der Waals surface area contributed by atoms with Crippen molar-refractivity contribution in [3.63, 3.8) is 0 Å². The fourth-order valence-electron chi connectivity index (χ4n) is 0.509. The highest BCUT2D eigenvalue weighted by Gasteiger charge is 2.09. The monoisotopic (exact) mass is 316 g/mol. The number of rotatable bonds is 6. The lowest BCUT2D eigenvalue weighted by molar-refractivity contribution is -0.147. The van der Waals surface area contributed by atoms with Crippen LogP contribution in [0.15, 0.2) is 0 Å². The SMILES string of the molecule is O=C(O)CCC(=O)OCC(Br)CBr. The quantitative estimate of drug-likeness (QED) is 0.596. The minimum atomic E-state index is -0.993. The van der Waals surface area contributed by atoms with Crippen molar-refractivity contribution in [2.45, 2.75) is 17.7 Å². The number of hydrogen-bond acceptors (Lipinski definition) is 3. The highest BCUT2D eigenvalue weighted by atomic mass is 79.9. The minimum absolute atomic E-state index is 0.0706. The first-order chi connectivity index (χ1) is 6.06. The van der Waals surface area contributed by atoms with Crippen LogP contribution in [0.4, 0.5) is 0 Å². The Bertz CT molecular complexity index is 183. The number of ether oxygens (including phenoxy) is 1. The number of halogens is 2. The van der Waals surface area contributed by atoms with Gasteiger partial charge >= 0.3 is 11.9 Å². The number of alkyl halides is 2. The molecule has 0 bridgehead atoms. The molecule has 76 valence electrons. The first-order valence-corrected chi connectivity index (χ1v) is 5.67. The molecule has 0 heterocycles. The van der Waals surface area contributed by atoms with Crippen LogP contribution in [0.2, 0.25) is 0 Å². The lowest BCUT2D eigenvalue weighted by Gasteiger charge is -2.06. The number of esters is 1. The van der Waals surface area contributed by atoms with Crippen molar-refractivity contribution in [2.24, 2.45) is 0 Å². The van der Waals surface area contributed by atoms with Crippen molar-refractivity contribution in [2.75, 3.05) is 11.9 Å². The van der Waals surface area contributed by atoms with Crippen molar-refractivity contribution < 1.29 is 19.4 Å². The predicted octanol–water partition coefficient (Wildman–Crippen LogP) is 1.55. The number of hydrogen-bond donors (Lipinski definition) is 1. The predicted molar refractivity (Wildman–Crippen MR) is 54.3 cm³/mol. The molecule has 0 aromatic heterocycles. The van der Waals surface area contributed by atoms with Gasteiger partial charge in [0.05, 0.1) is 17.7 Å². The van der Waals surface area contributed by atoms with Gasteiger partial charge < -0.3 is 9.84 Å². The largest absolute Gasteiger partial charge is 0.481 e. The van der Waals surface area contributed by atoms with Gasteiger partial charge in [0.15, 0.2) is 0 Å². The highest BCUT2D eigenvalue weighted by Crippen LogP contribution is 2.04. The lowest BCUT2D eigenvalue weighted by Crippen LogP contribution is -2.15. The Morgan fingerprint density at radius 1 is 1.38 bits per heavy atom. The minimum Gasteiger partial charge on any atom is -0.481 e. The maximum Gasteiger partial charge on any atom is 0.306 e. The molecule has 1 unspecified atom stereocenters. The van der Waals surface area contributed by atoms with E-state index in [-0.39, 0.29) is 24.3 Å². The van der Waals surface area contributed by atoms with Crippen LogP contribution in [0.1, 0.15) is 12.8 Å². The summed E-state index contributed by atoms with van der Waals surface area (Å²) in [6.45, 7) is 0.254. The third kappa shape index (κ3) is 8.24. The van der Waals surface area contributed by atoms with Gasteiger partial charge in [-0.3, -0.25) is 9.59 Å². The van der Waals surface area contributed by atoms with Gasteiger partial charge in [0.1, 0.15) is 6.61 Å². The average Bonchev–Trinajstić information content (AvgIpc) is 2.10. The number of carboxylic acids is 1. The molecule has 0 radical (unpaired) electrons. The van der Waals surface area contributed by atoms with E-state index < -0.39 is 11.9 Å².